The van der Waals surface area contributed by atoms with Crippen LogP contribution in [0.25, 0.3) is 0 Å². The summed E-state index contributed by atoms with van der Waals surface area (Å²) in [5.74, 6) is 0.916. The Morgan fingerprint density at radius 2 is 1.87 bits per heavy atom. The third-order valence-electron chi connectivity index (χ3n) is 3.74. The summed E-state index contributed by atoms with van der Waals surface area (Å²) >= 11 is 0. The summed E-state index contributed by atoms with van der Waals surface area (Å²) in [6, 6.07) is 7.84. The molecular weight excluding hydrogens is 292 g/mol. The monoisotopic (exact) mass is 320 g/mol. The minimum absolute atomic E-state index is 0.0290. The minimum Gasteiger partial charge on any atom is -0.497 e. The van der Waals surface area contributed by atoms with E-state index in [9.17, 15) is 9.59 Å². The number of nitrogens with one attached hydrogen (secondary N) is 1. The lowest BCUT2D eigenvalue weighted by molar-refractivity contribution is -0.129. The van der Waals surface area contributed by atoms with Crippen LogP contribution in [0.1, 0.15) is 38.7 Å². The van der Waals surface area contributed by atoms with Crippen molar-refractivity contribution >= 4 is 11.8 Å². The maximum Gasteiger partial charge on any atom is 0.220 e. The topological polar surface area (TPSA) is 58.6 Å². The van der Waals surface area contributed by atoms with E-state index < -0.39 is 0 Å². The highest BCUT2D eigenvalue weighted by atomic mass is 16.5. The summed E-state index contributed by atoms with van der Waals surface area (Å²) in [5.41, 5.74) is 1.16. The molecule has 0 bridgehead atoms. The van der Waals surface area contributed by atoms with Gasteiger partial charge in [-0.1, -0.05) is 25.5 Å². The van der Waals surface area contributed by atoms with Gasteiger partial charge in [-0.25, -0.2) is 0 Å². The van der Waals surface area contributed by atoms with Crippen molar-refractivity contribution in [2.75, 3.05) is 26.7 Å². The molecule has 0 atom stereocenters. The largest absolute Gasteiger partial charge is 0.497 e. The van der Waals surface area contributed by atoms with Gasteiger partial charge in [-0.15, -0.1) is 0 Å². The molecule has 1 aromatic carbocycles. The van der Waals surface area contributed by atoms with Gasteiger partial charge in [-0.2, -0.15) is 0 Å². The van der Waals surface area contributed by atoms with Crippen LogP contribution in [0.5, 0.6) is 5.75 Å². The summed E-state index contributed by atoms with van der Waals surface area (Å²) in [6.07, 6.45) is 3.25. The number of hydrogen-bond acceptors (Lipinski definition) is 3. The average molecular weight is 320 g/mol. The van der Waals surface area contributed by atoms with Crippen LogP contribution in [0.4, 0.5) is 0 Å². The molecule has 0 aliphatic rings. The second-order valence-electron chi connectivity index (χ2n) is 5.56. The number of hydrogen-bond donors (Lipinski definition) is 1. The van der Waals surface area contributed by atoms with Crippen molar-refractivity contribution in [3.8, 4) is 5.75 Å². The van der Waals surface area contributed by atoms with Gasteiger partial charge in [-0.05, 0) is 30.5 Å². The Morgan fingerprint density at radius 3 is 2.43 bits per heavy atom. The van der Waals surface area contributed by atoms with Crippen LogP contribution in [0.2, 0.25) is 0 Å². The Balaban J connectivity index is 2.36. The number of methoxy groups -OCH3 is 1. The second-order valence-corrected chi connectivity index (χ2v) is 5.56. The predicted octanol–water partition coefficient (Wildman–Crippen LogP) is 2.39. The van der Waals surface area contributed by atoms with Crippen LogP contribution in [-0.4, -0.2) is 43.5 Å². The van der Waals surface area contributed by atoms with Gasteiger partial charge in [0.25, 0.3) is 0 Å². The van der Waals surface area contributed by atoms with E-state index in [2.05, 4.69) is 12.2 Å². The smallest absolute Gasteiger partial charge is 0.220 e. The molecule has 0 aliphatic heterocycles. The van der Waals surface area contributed by atoms with Crippen molar-refractivity contribution in [1.82, 2.24) is 10.2 Å². The Bertz CT molecular complexity index is 486. The molecule has 0 heterocycles. The number of amides is 2. The third kappa shape index (κ3) is 7.68. The molecular formula is C18H28N2O3. The Labute approximate surface area is 139 Å². The maximum atomic E-state index is 11.7. The van der Waals surface area contributed by atoms with Gasteiger partial charge in [0.15, 0.2) is 0 Å². The molecule has 0 saturated carbocycles. The molecule has 0 aliphatic carbocycles. The lowest BCUT2D eigenvalue weighted by Gasteiger charge is -2.21. The maximum absolute atomic E-state index is 11.7. The summed E-state index contributed by atoms with van der Waals surface area (Å²) < 4.78 is 5.13. The number of nitrogens with zero attached hydrogens (tertiary/aromatic N) is 1. The van der Waals surface area contributed by atoms with Crippen LogP contribution >= 0.6 is 0 Å². The first-order valence-corrected chi connectivity index (χ1v) is 8.22. The second kappa shape index (κ2) is 10.6. The van der Waals surface area contributed by atoms with Gasteiger partial charge in [0.2, 0.25) is 11.8 Å². The molecule has 0 unspecified atom stereocenters. The Kier molecular flexibility index (Phi) is 8.80. The predicted molar refractivity (Wildman–Crippen MR) is 91.5 cm³/mol. The molecule has 1 aromatic rings. The molecule has 2 amide bonds. The van der Waals surface area contributed by atoms with Crippen LogP contribution in [0.3, 0.4) is 0 Å². The molecule has 0 spiro atoms. The van der Waals surface area contributed by atoms with Crippen molar-refractivity contribution < 1.29 is 14.3 Å². The van der Waals surface area contributed by atoms with Crippen LogP contribution in [0.15, 0.2) is 24.3 Å². The molecule has 0 radical (unpaired) electrons. The number of unbranched alkanes of at least 4 members (excludes halogenated alkanes) is 1. The van der Waals surface area contributed by atoms with Gasteiger partial charge >= 0.3 is 0 Å². The molecule has 5 nitrogen and oxygen atoms in total. The standard InChI is InChI=1S/C18H28N2O3/c1-4-5-6-18(22)19-12-14-20(15(2)21)13-11-16-7-9-17(23-3)10-8-16/h7-10H,4-6,11-14H2,1-3H3,(H,19,22). The SMILES string of the molecule is CCCCC(=O)NCCN(CCc1ccc(OC)cc1)C(C)=O. The van der Waals surface area contributed by atoms with Gasteiger partial charge in [0, 0.05) is 33.0 Å². The average Bonchev–Trinajstić information content (AvgIpc) is 2.56. The van der Waals surface area contributed by atoms with E-state index >= 15 is 0 Å². The summed E-state index contributed by atoms with van der Waals surface area (Å²) in [5, 5.41) is 2.87. The molecule has 0 saturated heterocycles. The number of carbonyl (C=O) groups is 2. The van der Waals surface area contributed by atoms with E-state index in [1.165, 1.54) is 0 Å². The molecule has 5 heteroatoms. The summed E-state index contributed by atoms with van der Waals surface area (Å²) in [6.45, 7) is 5.32. The van der Waals surface area contributed by atoms with Gasteiger partial charge in [0.05, 0.1) is 7.11 Å². The minimum atomic E-state index is 0.0290. The molecule has 1 rings (SSSR count). The third-order valence-corrected chi connectivity index (χ3v) is 3.74. The highest BCUT2D eigenvalue weighted by Crippen LogP contribution is 2.12. The van der Waals surface area contributed by atoms with Crippen molar-refractivity contribution in [3.05, 3.63) is 29.8 Å². The fourth-order valence-electron chi connectivity index (χ4n) is 2.24. The van der Waals surface area contributed by atoms with E-state index in [1.54, 1.807) is 18.9 Å². The van der Waals surface area contributed by atoms with E-state index in [0.29, 0.717) is 26.1 Å². The molecule has 0 fully saturated rings. The van der Waals surface area contributed by atoms with Gasteiger partial charge < -0.3 is 15.0 Å². The van der Waals surface area contributed by atoms with Crippen LogP contribution in [0, 0.1) is 0 Å². The number of rotatable bonds is 10. The molecule has 23 heavy (non-hydrogen) atoms. The molecule has 1 N–H and O–H groups in total. The van der Waals surface area contributed by atoms with E-state index in [1.807, 2.05) is 24.3 Å². The normalized spacial score (nSPS) is 10.2. The highest BCUT2D eigenvalue weighted by molar-refractivity contribution is 5.76. The fraction of sp³-hybridized carbons (Fsp3) is 0.556. The van der Waals surface area contributed by atoms with Crippen LogP contribution < -0.4 is 10.1 Å². The fourth-order valence-corrected chi connectivity index (χ4v) is 2.24. The lowest BCUT2D eigenvalue weighted by Crippen LogP contribution is -2.38. The first kappa shape index (κ1) is 19.0. The zero-order valence-electron chi connectivity index (χ0n) is 14.4. The summed E-state index contributed by atoms with van der Waals surface area (Å²) in [4.78, 5) is 25.0. The van der Waals surface area contributed by atoms with Crippen molar-refractivity contribution in [1.29, 1.82) is 0 Å². The van der Waals surface area contributed by atoms with Crippen molar-refractivity contribution in [2.24, 2.45) is 0 Å². The lowest BCUT2D eigenvalue weighted by atomic mass is 10.1. The molecule has 0 aromatic heterocycles. The quantitative estimate of drug-likeness (QED) is 0.720. The highest BCUT2D eigenvalue weighted by Gasteiger charge is 2.09. The van der Waals surface area contributed by atoms with E-state index in [-0.39, 0.29) is 11.8 Å². The summed E-state index contributed by atoms with van der Waals surface area (Å²) in [7, 11) is 1.64. The zero-order valence-corrected chi connectivity index (χ0v) is 14.4. The first-order valence-electron chi connectivity index (χ1n) is 8.22. The Morgan fingerprint density at radius 1 is 1.17 bits per heavy atom. The van der Waals surface area contributed by atoms with Gasteiger partial charge in [-0.3, -0.25) is 9.59 Å². The molecule has 128 valence electrons. The van der Waals surface area contributed by atoms with Gasteiger partial charge in [0.1, 0.15) is 5.75 Å². The zero-order chi connectivity index (χ0) is 17.1. The van der Waals surface area contributed by atoms with Crippen molar-refractivity contribution in [3.63, 3.8) is 0 Å². The Hall–Kier alpha value is -2.04. The van der Waals surface area contributed by atoms with E-state index in [0.717, 1.165) is 30.6 Å². The first-order chi connectivity index (χ1) is 11.1. The number of benzene rings is 1. The van der Waals surface area contributed by atoms with Crippen LogP contribution in [-0.2, 0) is 16.0 Å². The number of carbonyl (C=O) groups excluding carboxylic acids is 2. The van der Waals surface area contributed by atoms with E-state index in [4.69, 9.17) is 4.74 Å². The van der Waals surface area contributed by atoms with Crippen molar-refractivity contribution in [2.45, 2.75) is 39.5 Å². The number of ether oxygens (including phenoxy) is 1.